The van der Waals surface area contributed by atoms with Gasteiger partial charge in [0.1, 0.15) is 0 Å². The number of hydrogen-bond donors (Lipinski definition) is 1. The fourth-order valence-electron chi connectivity index (χ4n) is 2.42. The average molecular weight is 249 g/mol. The van der Waals surface area contributed by atoms with Crippen molar-refractivity contribution >= 4 is 5.69 Å². The van der Waals surface area contributed by atoms with Crippen LogP contribution in [0.1, 0.15) is 51.8 Å². The van der Waals surface area contributed by atoms with Gasteiger partial charge in [0.2, 0.25) is 0 Å². The quantitative estimate of drug-likeness (QED) is 0.803. The van der Waals surface area contributed by atoms with Crippen LogP contribution in [0.25, 0.3) is 0 Å². The molecule has 0 bridgehead atoms. The van der Waals surface area contributed by atoms with E-state index in [4.69, 9.17) is 0 Å². The highest BCUT2D eigenvalue weighted by molar-refractivity contribution is 5.45. The smallest absolute Gasteiger partial charge is 0.0574 e. The van der Waals surface area contributed by atoms with E-state index in [9.17, 15) is 0 Å². The van der Waals surface area contributed by atoms with E-state index in [1.165, 1.54) is 18.5 Å². The lowest BCUT2D eigenvalue weighted by molar-refractivity contribution is 0.560. The van der Waals surface area contributed by atoms with E-state index in [0.717, 1.165) is 12.1 Å². The molecular weight excluding hydrogens is 222 g/mol. The second-order valence-electron chi connectivity index (χ2n) is 4.77. The maximum atomic E-state index is 4.59. The zero-order valence-corrected chi connectivity index (χ0v) is 12.4. The summed E-state index contributed by atoms with van der Waals surface area (Å²) < 4.78 is 0. The van der Waals surface area contributed by atoms with Gasteiger partial charge in [-0.2, -0.15) is 0 Å². The summed E-state index contributed by atoms with van der Waals surface area (Å²) in [7, 11) is 4.14. The lowest BCUT2D eigenvalue weighted by Gasteiger charge is -2.28. The molecule has 102 valence electrons. The molecule has 1 aromatic heterocycles. The van der Waals surface area contributed by atoms with Crippen molar-refractivity contribution in [1.82, 2.24) is 10.3 Å². The molecular formula is C15H27N3. The zero-order chi connectivity index (χ0) is 13.5. The first-order valence-electron chi connectivity index (χ1n) is 7.03. The van der Waals surface area contributed by atoms with Crippen LogP contribution in [0.2, 0.25) is 0 Å². The minimum Gasteiger partial charge on any atom is -0.370 e. The van der Waals surface area contributed by atoms with Crippen molar-refractivity contribution in [2.75, 3.05) is 19.0 Å². The van der Waals surface area contributed by atoms with Crippen LogP contribution in [0.15, 0.2) is 18.3 Å². The van der Waals surface area contributed by atoms with Gasteiger partial charge >= 0.3 is 0 Å². The molecule has 0 radical (unpaired) electrons. The van der Waals surface area contributed by atoms with Crippen molar-refractivity contribution in [1.29, 1.82) is 0 Å². The molecule has 1 unspecified atom stereocenters. The highest BCUT2D eigenvalue weighted by Gasteiger charge is 2.13. The van der Waals surface area contributed by atoms with Crippen LogP contribution < -0.4 is 10.2 Å². The molecule has 0 amide bonds. The van der Waals surface area contributed by atoms with Gasteiger partial charge in [0.05, 0.1) is 17.6 Å². The Morgan fingerprint density at radius 2 is 1.83 bits per heavy atom. The lowest BCUT2D eigenvalue weighted by atomic mass is 10.1. The molecule has 3 nitrogen and oxygen atoms in total. The maximum Gasteiger partial charge on any atom is 0.0574 e. The van der Waals surface area contributed by atoms with Crippen molar-refractivity contribution in [2.45, 2.75) is 52.1 Å². The van der Waals surface area contributed by atoms with E-state index < -0.39 is 0 Å². The summed E-state index contributed by atoms with van der Waals surface area (Å²) >= 11 is 0. The van der Waals surface area contributed by atoms with Gasteiger partial charge in [-0.25, -0.2) is 0 Å². The SMILES string of the molecule is CCC(NC)c1ccc(N(C)C(CC)CC)cn1. The van der Waals surface area contributed by atoms with E-state index in [-0.39, 0.29) is 0 Å². The summed E-state index contributed by atoms with van der Waals surface area (Å²) in [6.07, 6.45) is 5.39. The first-order chi connectivity index (χ1) is 8.67. The van der Waals surface area contributed by atoms with E-state index in [2.05, 4.69) is 55.2 Å². The first kappa shape index (κ1) is 15.0. The topological polar surface area (TPSA) is 28.2 Å². The third-order valence-corrected chi connectivity index (χ3v) is 3.78. The van der Waals surface area contributed by atoms with Gasteiger partial charge in [-0.1, -0.05) is 20.8 Å². The Morgan fingerprint density at radius 1 is 1.17 bits per heavy atom. The Labute approximate surface area is 112 Å². The van der Waals surface area contributed by atoms with Crippen molar-refractivity contribution in [3.05, 3.63) is 24.0 Å². The van der Waals surface area contributed by atoms with E-state index in [1.54, 1.807) is 0 Å². The number of aromatic nitrogens is 1. The van der Waals surface area contributed by atoms with Crippen LogP contribution >= 0.6 is 0 Å². The maximum absolute atomic E-state index is 4.59. The summed E-state index contributed by atoms with van der Waals surface area (Å²) in [5, 5.41) is 3.29. The molecule has 0 aliphatic carbocycles. The Morgan fingerprint density at radius 3 is 2.22 bits per heavy atom. The normalized spacial score (nSPS) is 12.8. The minimum atomic E-state index is 0.359. The summed E-state index contributed by atoms with van der Waals surface area (Å²) in [5.41, 5.74) is 2.33. The monoisotopic (exact) mass is 249 g/mol. The van der Waals surface area contributed by atoms with Gasteiger partial charge < -0.3 is 10.2 Å². The highest BCUT2D eigenvalue weighted by atomic mass is 15.1. The summed E-state index contributed by atoms with van der Waals surface area (Å²) in [6.45, 7) is 6.65. The second kappa shape index (κ2) is 7.37. The molecule has 0 saturated heterocycles. The molecule has 1 N–H and O–H groups in total. The van der Waals surface area contributed by atoms with E-state index in [0.29, 0.717) is 12.1 Å². The highest BCUT2D eigenvalue weighted by Crippen LogP contribution is 2.20. The third kappa shape index (κ3) is 3.45. The fourth-order valence-corrected chi connectivity index (χ4v) is 2.42. The Balaban J connectivity index is 2.81. The Bertz CT molecular complexity index is 326. The van der Waals surface area contributed by atoms with E-state index >= 15 is 0 Å². The summed E-state index contributed by atoms with van der Waals surface area (Å²) in [6, 6.07) is 5.28. The van der Waals surface area contributed by atoms with Crippen LogP contribution in [0.5, 0.6) is 0 Å². The number of pyridine rings is 1. The number of hydrogen-bond acceptors (Lipinski definition) is 3. The van der Waals surface area contributed by atoms with Crippen LogP contribution in [-0.2, 0) is 0 Å². The number of rotatable bonds is 7. The van der Waals surface area contributed by atoms with Gasteiger partial charge in [-0.15, -0.1) is 0 Å². The molecule has 3 heteroatoms. The first-order valence-corrected chi connectivity index (χ1v) is 7.03. The zero-order valence-electron chi connectivity index (χ0n) is 12.4. The van der Waals surface area contributed by atoms with Crippen molar-refractivity contribution in [2.24, 2.45) is 0 Å². The van der Waals surface area contributed by atoms with Crippen LogP contribution in [0.4, 0.5) is 5.69 Å². The number of anilines is 1. The predicted octanol–water partition coefficient (Wildman–Crippen LogP) is 3.38. The molecule has 0 saturated carbocycles. The van der Waals surface area contributed by atoms with E-state index in [1.807, 2.05) is 13.2 Å². The van der Waals surface area contributed by atoms with Gasteiger partial charge in [0.15, 0.2) is 0 Å². The summed E-state index contributed by atoms with van der Waals surface area (Å²) in [4.78, 5) is 6.92. The molecule has 1 aromatic rings. The van der Waals surface area contributed by atoms with Crippen molar-refractivity contribution in [3.63, 3.8) is 0 Å². The molecule has 0 aliphatic heterocycles. The molecule has 0 fully saturated rings. The van der Waals surface area contributed by atoms with Crippen molar-refractivity contribution in [3.8, 4) is 0 Å². The summed E-state index contributed by atoms with van der Waals surface area (Å²) in [5.74, 6) is 0. The Kier molecular flexibility index (Phi) is 6.13. The molecule has 0 spiro atoms. The van der Waals surface area contributed by atoms with Gasteiger partial charge in [0, 0.05) is 19.1 Å². The van der Waals surface area contributed by atoms with Crippen LogP contribution in [0.3, 0.4) is 0 Å². The molecule has 1 rings (SSSR count). The fraction of sp³-hybridized carbons (Fsp3) is 0.667. The predicted molar refractivity (Wildman–Crippen MR) is 79.1 cm³/mol. The second-order valence-corrected chi connectivity index (χ2v) is 4.77. The Hall–Kier alpha value is -1.09. The van der Waals surface area contributed by atoms with Crippen molar-refractivity contribution < 1.29 is 0 Å². The van der Waals surface area contributed by atoms with Crippen LogP contribution in [0, 0.1) is 0 Å². The van der Waals surface area contributed by atoms with Gasteiger partial charge in [0.25, 0.3) is 0 Å². The average Bonchev–Trinajstić information content (AvgIpc) is 2.42. The molecule has 0 aliphatic rings. The lowest BCUT2D eigenvalue weighted by Crippen LogP contribution is -2.30. The number of nitrogens with zero attached hydrogens (tertiary/aromatic N) is 2. The van der Waals surface area contributed by atoms with Gasteiger partial charge in [-0.3, -0.25) is 4.98 Å². The third-order valence-electron chi connectivity index (χ3n) is 3.78. The van der Waals surface area contributed by atoms with Gasteiger partial charge in [-0.05, 0) is 38.4 Å². The molecule has 1 heterocycles. The standard InChI is InChI=1S/C15H27N3/c1-6-12(7-2)18(5)13-9-10-15(17-11-13)14(8-3)16-4/h9-12,14,16H,6-8H2,1-5H3. The largest absolute Gasteiger partial charge is 0.370 e. The van der Waals surface area contributed by atoms with Crippen LogP contribution in [-0.4, -0.2) is 25.1 Å². The number of nitrogens with one attached hydrogen (secondary N) is 1. The molecule has 0 aromatic carbocycles. The molecule has 18 heavy (non-hydrogen) atoms. The minimum absolute atomic E-state index is 0.359. The molecule has 1 atom stereocenters.